The Morgan fingerprint density at radius 2 is 1.02 bits per heavy atom. The number of amides is 1. The van der Waals surface area contributed by atoms with E-state index >= 15 is 0 Å². The number of hydrogen-bond donors (Lipinski definition) is 2. The van der Waals surface area contributed by atoms with Gasteiger partial charge < -0.3 is 15.8 Å². The fourth-order valence-corrected chi connectivity index (χ4v) is 8.44. The predicted octanol–water partition coefficient (Wildman–Crippen LogP) is 6.92. The van der Waals surface area contributed by atoms with Crippen molar-refractivity contribution in [2.45, 2.75) is 117 Å². The number of methoxy groups -OCH3 is 1. The number of esters is 1. The van der Waals surface area contributed by atoms with Gasteiger partial charge in [-0.2, -0.15) is 0 Å². The third-order valence-corrected chi connectivity index (χ3v) is 12.0. The minimum atomic E-state index is -0.349. The molecule has 320 valence electrons. The fourth-order valence-electron chi connectivity index (χ4n) is 7.78. The quantitative estimate of drug-likeness (QED) is 0.127. The normalized spacial score (nSPS) is 14.6. The molecule has 61 heavy (non-hydrogen) atoms. The molecule has 0 saturated heterocycles. The molecule has 4 aliphatic rings. The molecule has 9 rings (SSSR count). The van der Waals surface area contributed by atoms with Crippen molar-refractivity contribution >= 4 is 34.8 Å². The van der Waals surface area contributed by atoms with Gasteiger partial charge in [0.15, 0.2) is 16.6 Å². The zero-order valence-corrected chi connectivity index (χ0v) is 36.4. The van der Waals surface area contributed by atoms with E-state index in [0.29, 0.717) is 17.1 Å². The minimum absolute atomic E-state index is 0.0289. The molecule has 0 saturated carbocycles. The summed E-state index contributed by atoms with van der Waals surface area (Å²) in [6, 6.07) is 15.6. The fraction of sp³-hybridized carbons (Fsp3) is 0.447. The lowest BCUT2D eigenvalue weighted by Crippen LogP contribution is -2.28. The maximum absolute atomic E-state index is 11.8. The molecule has 0 fully saturated rings. The molecule has 4 aliphatic carbocycles. The summed E-state index contributed by atoms with van der Waals surface area (Å²) in [5.74, 6) is -0.748. The van der Waals surface area contributed by atoms with Crippen LogP contribution in [0.3, 0.4) is 0 Å². The number of carbonyl (C=O) groups is 4. The highest BCUT2D eigenvalue weighted by atomic mass is 32.1. The number of nitrogens with one attached hydrogen (secondary N) is 1. The second kappa shape index (κ2) is 22.3. The first-order chi connectivity index (χ1) is 29.6. The van der Waals surface area contributed by atoms with Gasteiger partial charge in [-0.25, -0.2) is 24.7 Å². The predicted molar refractivity (Wildman–Crippen MR) is 235 cm³/mol. The highest BCUT2D eigenvalue weighted by Crippen LogP contribution is 2.26. The number of fused-ring (bicyclic) bond motifs is 4. The number of hydrogen-bond acceptors (Lipinski definition) is 13. The van der Waals surface area contributed by atoms with Gasteiger partial charge in [-0.3, -0.25) is 14.4 Å². The summed E-state index contributed by atoms with van der Waals surface area (Å²) in [6.45, 7) is 3.44. The van der Waals surface area contributed by atoms with Crippen molar-refractivity contribution in [2.24, 2.45) is 5.73 Å². The summed E-state index contributed by atoms with van der Waals surface area (Å²) in [6.07, 6.45) is 18.2. The molecule has 0 aliphatic heterocycles. The van der Waals surface area contributed by atoms with Gasteiger partial charge in [0.1, 0.15) is 27.8 Å². The highest BCUT2D eigenvalue weighted by molar-refractivity contribution is 7.14. The summed E-state index contributed by atoms with van der Waals surface area (Å²) in [4.78, 5) is 62.8. The monoisotopic (exact) mass is 844 g/mol. The molecule has 3 N–H and O–H groups in total. The van der Waals surface area contributed by atoms with E-state index in [1.165, 1.54) is 93.3 Å². The van der Waals surface area contributed by atoms with Crippen LogP contribution in [0.5, 0.6) is 0 Å². The maximum Gasteiger partial charge on any atom is 0.356 e. The summed E-state index contributed by atoms with van der Waals surface area (Å²) >= 11 is 1.61. The number of rotatable bonds is 7. The molecular weight excluding hydrogens is 789 g/mol. The van der Waals surface area contributed by atoms with Crippen LogP contribution >= 0.6 is 11.3 Å². The van der Waals surface area contributed by atoms with Gasteiger partial charge in [-0.15, -0.1) is 10.2 Å². The zero-order chi connectivity index (χ0) is 43.1. The molecule has 5 aromatic rings. The van der Waals surface area contributed by atoms with Crippen molar-refractivity contribution in [1.29, 1.82) is 0 Å². The van der Waals surface area contributed by atoms with Crippen LogP contribution in [0.25, 0.3) is 10.7 Å². The number of nitrogens with two attached hydrogens (primary N) is 1. The Labute approximate surface area is 361 Å². The molecule has 14 heteroatoms. The molecule has 0 atom stereocenters. The van der Waals surface area contributed by atoms with Crippen LogP contribution in [0, 0.1) is 6.92 Å². The molecule has 0 bridgehead atoms. The van der Waals surface area contributed by atoms with Gasteiger partial charge in [-0.05, 0) is 156 Å². The largest absolute Gasteiger partial charge is 0.464 e. The summed E-state index contributed by atoms with van der Waals surface area (Å²) < 4.78 is 4.63. The van der Waals surface area contributed by atoms with Crippen LogP contribution in [0.2, 0.25) is 0 Å². The molecule has 0 radical (unpaired) electrons. The van der Waals surface area contributed by atoms with Crippen molar-refractivity contribution in [2.75, 3.05) is 20.2 Å². The van der Waals surface area contributed by atoms with E-state index in [1.807, 2.05) is 25.1 Å². The Hall–Kier alpha value is -5.60. The van der Waals surface area contributed by atoms with Crippen molar-refractivity contribution in [3.05, 3.63) is 116 Å². The smallest absolute Gasteiger partial charge is 0.356 e. The number of Topliss-reactive ketones (excluding diaryl/α,β-unsaturated/α-hetero) is 2. The van der Waals surface area contributed by atoms with Gasteiger partial charge in [0.05, 0.1) is 20.2 Å². The number of carbonyl (C=O) groups excluding carboxylic acids is 4. The number of ether oxygens (including phenoxy) is 1. The lowest BCUT2D eigenvalue weighted by atomic mass is 9.95. The van der Waals surface area contributed by atoms with E-state index < -0.39 is 0 Å². The average molecular weight is 845 g/mol. The van der Waals surface area contributed by atoms with Crippen LogP contribution in [0.1, 0.15) is 140 Å². The number of ketones is 2. The molecule has 0 aromatic carbocycles. The highest BCUT2D eigenvalue weighted by Gasteiger charge is 2.17. The van der Waals surface area contributed by atoms with Gasteiger partial charge in [-0.1, -0.05) is 35.6 Å². The molecule has 13 nitrogen and oxygen atoms in total. The van der Waals surface area contributed by atoms with E-state index in [-0.39, 0.29) is 36.5 Å². The third-order valence-electron chi connectivity index (χ3n) is 11.1. The molecular formula is C47H56N8O5S. The lowest BCUT2D eigenvalue weighted by molar-refractivity contribution is -0.118. The summed E-state index contributed by atoms with van der Waals surface area (Å²) in [7, 11) is 1.38. The van der Waals surface area contributed by atoms with Crippen molar-refractivity contribution < 1.29 is 23.9 Å². The van der Waals surface area contributed by atoms with E-state index in [4.69, 9.17) is 10.7 Å². The number of aryl methyl sites for hydroxylation is 9. The second-order valence-electron chi connectivity index (χ2n) is 15.6. The van der Waals surface area contributed by atoms with Gasteiger partial charge >= 0.3 is 5.97 Å². The van der Waals surface area contributed by atoms with Crippen LogP contribution < -0.4 is 11.1 Å². The summed E-state index contributed by atoms with van der Waals surface area (Å²) in [5, 5.41) is 12.6. The molecule has 1 amide bonds. The minimum Gasteiger partial charge on any atom is -0.464 e. The van der Waals surface area contributed by atoms with Crippen LogP contribution in [-0.4, -0.2) is 73.8 Å². The molecule has 0 spiro atoms. The second-order valence-corrected chi connectivity index (χ2v) is 16.8. The Kier molecular flexibility index (Phi) is 16.4. The van der Waals surface area contributed by atoms with Crippen LogP contribution in [0.15, 0.2) is 48.5 Å². The average Bonchev–Trinajstić information content (AvgIpc) is 3.76. The van der Waals surface area contributed by atoms with Gasteiger partial charge in [0, 0.05) is 29.7 Å². The van der Waals surface area contributed by atoms with E-state index in [1.54, 1.807) is 29.5 Å². The SMILES string of the molecule is CC(=O)NCC(=O)c1ccc2c(n1)CCCC2.COC(=O)c1ccc2c(n1)CCCC2.Cc1nnc(-c2ccc3c(n2)CCCC3)s1.NCC(=O)c1ccc2c(n1)CCCC2. The van der Waals surface area contributed by atoms with Crippen LogP contribution in [0.4, 0.5) is 0 Å². The number of nitrogens with zero attached hydrogens (tertiary/aromatic N) is 6. The Morgan fingerprint density at radius 1 is 0.590 bits per heavy atom. The first kappa shape index (κ1) is 44.9. The molecule has 5 aromatic heterocycles. The van der Waals surface area contributed by atoms with E-state index in [2.05, 4.69) is 47.3 Å². The lowest BCUT2D eigenvalue weighted by Gasteiger charge is -2.15. The first-order valence-electron chi connectivity index (χ1n) is 21.5. The van der Waals surface area contributed by atoms with Crippen LogP contribution in [-0.2, 0) is 60.9 Å². The molecule has 5 heterocycles. The maximum atomic E-state index is 11.8. The Balaban J connectivity index is 0.000000136. The standard InChI is InChI=1S/C13H16N2O2.C12H13N3S.C11H14N2O.C11H13NO2/c1-9(16)14-8-13(17)12-7-6-10-4-2-3-5-11(10)15-12;1-8-14-15-12(16-8)11-7-6-9-4-2-3-5-10(9)13-11;12-7-11(14)10-6-5-8-3-1-2-4-9(8)13-10;1-14-11(13)10-7-6-8-4-2-3-5-9(8)12-10/h6-7H,2-5,8H2,1H3,(H,14,16);6-7H,2-5H2,1H3;5-6H,1-4,7,12H2;6-7H,2-5H2,1H3. The van der Waals surface area contributed by atoms with Gasteiger partial charge in [0.2, 0.25) is 5.91 Å². The Morgan fingerprint density at radius 3 is 1.46 bits per heavy atom. The van der Waals surface area contributed by atoms with E-state index in [9.17, 15) is 19.2 Å². The number of aromatic nitrogens is 6. The van der Waals surface area contributed by atoms with Gasteiger partial charge in [0.25, 0.3) is 0 Å². The van der Waals surface area contributed by atoms with Crippen molar-refractivity contribution in [3.63, 3.8) is 0 Å². The first-order valence-corrected chi connectivity index (χ1v) is 22.3. The van der Waals surface area contributed by atoms with Crippen molar-refractivity contribution in [3.8, 4) is 10.7 Å². The topological polar surface area (TPSA) is 193 Å². The third kappa shape index (κ3) is 12.7. The summed E-state index contributed by atoms with van der Waals surface area (Å²) in [5.41, 5.74) is 17.4. The number of pyridine rings is 4. The van der Waals surface area contributed by atoms with E-state index in [0.717, 1.165) is 84.2 Å². The van der Waals surface area contributed by atoms with Crippen molar-refractivity contribution in [1.82, 2.24) is 35.5 Å². The zero-order valence-electron chi connectivity index (χ0n) is 35.6. The Bertz CT molecular complexity index is 2270. The molecule has 0 unspecified atom stereocenters.